The Labute approximate surface area is 137 Å². The van der Waals surface area contributed by atoms with Gasteiger partial charge in [0.2, 0.25) is 0 Å². The lowest BCUT2D eigenvalue weighted by Crippen LogP contribution is -2.46. The number of nitrogens with two attached hydrogens (primary N) is 1. The zero-order chi connectivity index (χ0) is 17.7. The van der Waals surface area contributed by atoms with Crippen LogP contribution in [0.3, 0.4) is 0 Å². The number of para-hydroxylation sites is 1. The first-order valence-corrected chi connectivity index (χ1v) is 8.83. The number of ether oxygens (including phenoxy) is 2. The van der Waals surface area contributed by atoms with Gasteiger partial charge in [0.15, 0.2) is 9.84 Å². The van der Waals surface area contributed by atoms with Gasteiger partial charge in [-0.15, -0.1) is 0 Å². The molecule has 0 radical (unpaired) electrons. The number of rotatable bonds is 6. The molecule has 1 aromatic carbocycles. The average Bonchev–Trinajstić information content (AvgIpc) is 2.45. The quantitative estimate of drug-likeness (QED) is 0.808. The Kier molecular flexibility index (Phi) is 6.40. The van der Waals surface area contributed by atoms with E-state index >= 15 is 0 Å². The zero-order valence-corrected chi connectivity index (χ0v) is 14.6. The molecule has 0 aliphatic rings. The van der Waals surface area contributed by atoms with Gasteiger partial charge in [-0.2, -0.15) is 0 Å². The topological polar surface area (TPSA) is 108 Å². The number of methoxy groups -OCH3 is 1. The molecular weight excluding hydrogens is 320 g/mol. The summed E-state index contributed by atoms with van der Waals surface area (Å²) in [6.07, 6.45) is -0.780. The minimum atomic E-state index is -3.72. The van der Waals surface area contributed by atoms with Crippen LogP contribution in [0.15, 0.2) is 24.3 Å². The molecule has 0 bridgehead atoms. The van der Waals surface area contributed by atoms with Crippen molar-refractivity contribution >= 4 is 15.9 Å². The van der Waals surface area contributed by atoms with Gasteiger partial charge in [0.05, 0.1) is 13.0 Å². The fourth-order valence-corrected chi connectivity index (χ4v) is 2.84. The van der Waals surface area contributed by atoms with Crippen molar-refractivity contribution in [2.24, 2.45) is 5.73 Å². The molecular formula is C15H24N2O5S. The summed E-state index contributed by atoms with van der Waals surface area (Å²) < 4.78 is 34.7. The molecule has 8 heteroatoms. The van der Waals surface area contributed by atoms with E-state index in [1.165, 1.54) is 7.11 Å². The Balaban J connectivity index is 3.01. The van der Waals surface area contributed by atoms with E-state index in [1.807, 2.05) is 0 Å². The molecule has 130 valence electrons. The van der Waals surface area contributed by atoms with E-state index in [0.717, 1.165) is 0 Å². The summed E-state index contributed by atoms with van der Waals surface area (Å²) in [5.41, 5.74) is 5.24. The molecule has 0 fully saturated rings. The molecule has 0 spiro atoms. The van der Waals surface area contributed by atoms with Crippen molar-refractivity contribution in [1.29, 1.82) is 0 Å². The van der Waals surface area contributed by atoms with Crippen LogP contribution in [0.4, 0.5) is 4.79 Å². The molecule has 1 rings (SSSR count). The first-order valence-electron chi connectivity index (χ1n) is 7.12. The van der Waals surface area contributed by atoms with E-state index < -0.39 is 32.8 Å². The summed E-state index contributed by atoms with van der Waals surface area (Å²) in [7, 11) is -2.23. The van der Waals surface area contributed by atoms with E-state index in [4.69, 9.17) is 15.2 Å². The van der Waals surface area contributed by atoms with Crippen molar-refractivity contribution in [2.75, 3.05) is 13.0 Å². The largest absolute Gasteiger partial charge is 0.496 e. The predicted molar refractivity (Wildman–Crippen MR) is 87.8 cm³/mol. The van der Waals surface area contributed by atoms with Gasteiger partial charge in [0.25, 0.3) is 0 Å². The van der Waals surface area contributed by atoms with Crippen molar-refractivity contribution < 1.29 is 22.7 Å². The van der Waals surface area contributed by atoms with Gasteiger partial charge >= 0.3 is 6.09 Å². The van der Waals surface area contributed by atoms with Crippen molar-refractivity contribution in [2.45, 2.75) is 38.2 Å². The number of carbonyl (C=O) groups is 1. The van der Waals surface area contributed by atoms with E-state index in [2.05, 4.69) is 5.32 Å². The number of sulfone groups is 1. The highest BCUT2D eigenvalue weighted by atomic mass is 32.2. The summed E-state index contributed by atoms with van der Waals surface area (Å²) in [5.74, 6) is -0.0430. The third kappa shape index (κ3) is 6.07. The van der Waals surface area contributed by atoms with Crippen LogP contribution >= 0.6 is 0 Å². The summed E-state index contributed by atoms with van der Waals surface area (Å²) in [5, 5.41) is 1.18. The third-order valence-corrected chi connectivity index (χ3v) is 4.56. The molecule has 1 aromatic rings. The van der Waals surface area contributed by atoms with Crippen molar-refractivity contribution in [3.8, 4) is 5.75 Å². The van der Waals surface area contributed by atoms with Crippen LogP contribution in [-0.2, 0) is 21.0 Å². The number of hydrogen-bond donors (Lipinski definition) is 2. The highest BCUT2D eigenvalue weighted by Gasteiger charge is 2.29. The van der Waals surface area contributed by atoms with Gasteiger partial charge in [-0.05, 0) is 32.4 Å². The second-order valence-electron chi connectivity index (χ2n) is 5.98. The first-order chi connectivity index (χ1) is 10.6. The van der Waals surface area contributed by atoms with Crippen molar-refractivity contribution in [1.82, 2.24) is 5.32 Å². The maximum Gasteiger partial charge on any atom is 0.408 e. The zero-order valence-electron chi connectivity index (χ0n) is 13.8. The maximum absolute atomic E-state index is 12.2. The monoisotopic (exact) mass is 344 g/mol. The summed E-state index contributed by atoms with van der Waals surface area (Å²) in [6.45, 7) is 5.08. The molecule has 0 aliphatic carbocycles. The number of benzene rings is 1. The maximum atomic E-state index is 12.2. The van der Waals surface area contributed by atoms with Gasteiger partial charge in [-0.1, -0.05) is 18.2 Å². The molecule has 0 heterocycles. The fraction of sp³-hybridized carbons (Fsp3) is 0.533. The van der Waals surface area contributed by atoms with E-state index in [9.17, 15) is 13.2 Å². The molecule has 7 nitrogen and oxygen atoms in total. The number of nitrogens with one attached hydrogen (secondary N) is 1. The van der Waals surface area contributed by atoms with Crippen LogP contribution in [-0.4, -0.2) is 38.5 Å². The van der Waals surface area contributed by atoms with E-state index in [-0.39, 0.29) is 6.42 Å². The summed E-state index contributed by atoms with van der Waals surface area (Å²) in [6, 6.07) is 6.98. The number of amides is 1. The minimum Gasteiger partial charge on any atom is -0.496 e. The molecule has 0 saturated heterocycles. The molecule has 0 saturated carbocycles. The van der Waals surface area contributed by atoms with Crippen LogP contribution in [0.25, 0.3) is 0 Å². The van der Waals surface area contributed by atoms with E-state index in [0.29, 0.717) is 11.3 Å². The smallest absolute Gasteiger partial charge is 0.408 e. The molecule has 1 atom stereocenters. The van der Waals surface area contributed by atoms with Gasteiger partial charge in [0, 0.05) is 6.42 Å². The average molecular weight is 344 g/mol. The molecule has 3 N–H and O–H groups in total. The molecule has 23 heavy (non-hydrogen) atoms. The van der Waals surface area contributed by atoms with Crippen LogP contribution < -0.4 is 15.8 Å². The summed E-state index contributed by atoms with van der Waals surface area (Å²) >= 11 is 0. The van der Waals surface area contributed by atoms with Gasteiger partial charge in [-0.25, -0.2) is 13.2 Å². The highest BCUT2D eigenvalue weighted by Crippen LogP contribution is 2.20. The van der Waals surface area contributed by atoms with E-state index in [1.54, 1.807) is 45.0 Å². The van der Waals surface area contributed by atoms with Crippen molar-refractivity contribution in [3.05, 3.63) is 29.8 Å². The molecule has 1 amide bonds. The van der Waals surface area contributed by atoms with Crippen LogP contribution in [0.1, 0.15) is 26.3 Å². The Morgan fingerprint density at radius 1 is 1.30 bits per heavy atom. The highest BCUT2D eigenvalue weighted by molar-refractivity contribution is 7.91. The minimum absolute atomic E-state index is 0.0305. The Morgan fingerprint density at radius 2 is 1.91 bits per heavy atom. The summed E-state index contributed by atoms with van der Waals surface area (Å²) in [4.78, 5) is 11.9. The number of carbonyl (C=O) groups excluding carboxylic acids is 1. The Hall–Kier alpha value is -1.80. The van der Waals surface area contributed by atoms with Gasteiger partial charge < -0.3 is 20.5 Å². The van der Waals surface area contributed by atoms with Crippen molar-refractivity contribution in [3.63, 3.8) is 0 Å². The Bertz CT molecular complexity index is 638. The SMILES string of the molecule is COc1ccccc1C[C@@H](NC(=O)OC(C)(C)C)S(=O)(=O)CN. The lowest BCUT2D eigenvalue weighted by Gasteiger charge is -2.24. The van der Waals surface area contributed by atoms with Gasteiger partial charge in [0.1, 0.15) is 16.7 Å². The Morgan fingerprint density at radius 3 is 2.43 bits per heavy atom. The second kappa shape index (κ2) is 7.65. The number of hydrogen-bond acceptors (Lipinski definition) is 6. The fourth-order valence-electron chi connectivity index (χ4n) is 1.89. The number of alkyl carbamates (subject to hydrolysis) is 1. The molecule has 0 aromatic heterocycles. The molecule has 0 unspecified atom stereocenters. The molecule has 0 aliphatic heterocycles. The second-order valence-corrected chi connectivity index (χ2v) is 8.21. The lowest BCUT2D eigenvalue weighted by molar-refractivity contribution is 0.0519. The van der Waals surface area contributed by atoms with Crippen LogP contribution in [0, 0.1) is 0 Å². The predicted octanol–water partition coefficient (Wildman–Crippen LogP) is 1.42. The van der Waals surface area contributed by atoms with Crippen LogP contribution in [0.5, 0.6) is 5.75 Å². The standard InChI is InChI=1S/C15H24N2O5S/c1-15(2,3)22-14(18)17-13(23(19,20)10-16)9-11-7-5-6-8-12(11)21-4/h5-8,13H,9-10,16H2,1-4H3,(H,17,18)/t13-/m0/s1. The third-order valence-electron chi connectivity index (χ3n) is 2.94. The first kappa shape index (κ1) is 19.2. The normalized spacial score (nSPS) is 13.3. The van der Waals surface area contributed by atoms with Crippen LogP contribution in [0.2, 0.25) is 0 Å². The van der Waals surface area contributed by atoms with Gasteiger partial charge in [-0.3, -0.25) is 0 Å². The lowest BCUT2D eigenvalue weighted by atomic mass is 10.1.